The molecule has 0 unspecified atom stereocenters. The van der Waals surface area contributed by atoms with Crippen molar-refractivity contribution < 1.29 is 4.79 Å². The normalized spacial score (nSPS) is 17.5. The Bertz CT molecular complexity index is 360. The molecular formula is C10H13BrN2OS. The van der Waals surface area contributed by atoms with E-state index in [0.29, 0.717) is 6.04 Å². The van der Waals surface area contributed by atoms with Crippen molar-refractivity contribution in [1.29, 1.82) is 0 Å². The first-order valence-electron chi connectivity index (χ1n) is 4.97. The van der Waals surface area contributed by atoms with E-state index in [1.165, 1.54) is 11.3 Å². The summed E-state index contributed by atoms with van der Waals surface area (Å²) in [5, 5.41) is 3.02. The van der Waals surface area contributed by atoms with Gasteiger partial charge in [-0.25, -0.2) is 0 Å². The molecule has 0 aliphatic carbocycles. The van der Waals surface area contributed by atoms with Crippen LogP contribution in [0.5, 0.6) is 0 Å². The summed E-state index contributed by atoms with van der Waals surface area (Å²) in [7, 11) is 0. The predicted molar refractivity (Wildman–Crippen MR) is 65.4 cm³/mol. The summed E-state index contributed by atoms with van der Waals surface area (Å²) >= 11 is 4.82. The van der Waals surface area contributed by atoms with E-state index in [0.717, 1.165) is 28.3 Å². The lowest BCUT2D eigenvalue weighted by Crippen LogP contribution is -2.58. The molecule has 0 radical (unpaired) electrons. The van der Waals surface area contributed by atoms with E-state index in [9.17, 15) is 4.79 Å². The average Bonchev–Trinajstić information content (AvgIpc) is 2.57. The first kappa shape index (κ1) is 11.1. The molecule has 1 aliphatic rings. The van der Waals surface area contributed by atoms with Gasteiger partial charge in [-0.05, 0) is 34.6 Å². The Kier molecular flexibility index (Phi) is 3.43. The number of hydrogen-bond donors (Lipinski definition) is 1. The van der Waals surface area contributed by atoms with Crippen molar-refractivity contribution >= 4 is 33.2 Å². The maximum absolute atomic E-state index is 11.7. The van der Waals surface area contributed by atoms with Crippen LogP contribution in [0.3, 0.4) is 0 Å². The molecule has 0 spiro atoms. The fourth-order valence-corrected chi connectivity index (χ4v) is 2.90. The van der Waals surface area contributed by atoms with Gasteiger partial charge in [0.25, 0.3) is 5.91 Å². The zero-order valence-corrected chi connectivity index (χ0v) is 10.9. The molecule has 1 aromatic heterocycles. The monoisotopic (exact) mass is 288 g/mol. The van der Waals surface area contributed by atoms with Gasteiger partial charge >= 0.3 is 0 Å². The van der Waals surface area contributed by atoms with Crippen LogP contribution >= 0.6 is 27.3 Å². The maximum atomic E-state index is 11.7. The largest absolute Gasteiger partial charge is 0.346 e. The summed E-state index contributed by atoms with van der Waals surface area (Å²) in [5.41, 5.74) is 0. The van der Waals surface area contributed by atoms with E-state index < -0.39 is 0 Å². The molecule has 1 fully saturated rings. The molecule has 3 nitrogen and oxygen atoms in total. The molecule has 0 bridgehead atoms. The number of amides is 1. The summed E-state index contributed by atoms with van der Waals surface area (Å²) in [5.74, 6) is 0.0476. The number of likely N-dealkylation sites (tertiary alicyclic amines) is 1. The zero-order valence-electron chi connectivity index (χ0n) is 8.50. The second kappa shape index (κ2) is 4.63. The minimum absolute atomic E-state index is 0.0476. The molecular weight excluding hydrogens is 276 g/mol. The number of thiophene rings is 1. The van der Waals surface area contributed by atoms with Gasteiger partial charge in [0, 0.05) is 13.1 Å². The van der Waals surface area contributed by atoms with Gasteiger partial charge in [0.05, 0.1) is 14.7 Å². The van der Waals surface area contributed by atoms with Crippen LogP contribution in [0.2, 0.25) is 0 Å². The summed E-state index contributed by atoms with van der Waals surface area (Å²) in [6.45, 7) is 5.16. The van der Waals surface area contributed by atoms with Crippen LogP contribution in [0.4, 0.5) is 0 Å². The van der Waals surface area contributed by atoms with Crippen molar-refractivity contribution in [3.05, 3.63) is 20.8 Å². The highest BCUT2D eigenvalue weighted by Crippen LogP contribution is 2.22. The molecule has 2 heterocycles. The standard InChI is InChI=1S/C10H13BrN2OS/c1-2-13-5-7(6-13)12-10(14)8-3-4-9(11)15-8/h3-4,7H,2,5-6H2,1H3,(H,12,14). The number of carbonyl (C=O) groups is 1. The minimum atomic E-state index is 0.0476. The molecule has 0 atom stereocenters. The lowest BCUT2D eigenvalue weighted by molar-refractivity contribution is 0.0828. The van der Waals surface area contributed by atoms with E-state index in [-0.39, 0.29) is 5.91 Å². The minimum Gasteiger partial charge on any atom is -0.346 e. The Hall–Kier alpha value is -0.390. The Morgan fingerprint density at radius 1 is 1.67 bits per heavy atom. The number of nitrogens with zero attached hydrogens (tertiary/aromatic N) is 1. The quantitative estimate of drug-likeness (QED) is 0.922. The first-order valence-corrected chi connectivity index (χ1v) is 6.58. The highest BCUT2D eigenvalue weighted by molar-refractivity contribution is 9.11. The van der Waals surface area contributed by atoms with Gasteiger partial charge in [-0.2, -0.15) is 0 Å². The Labute approximate surface area is 102 Å². The molecule has 1 saturated heterocycles. The Balaban J connectivity index is 1.84. The van der Waals surface area contributed by atoms with Crippen LogP contribution in [-0.2, 0) is 0 Å². The van der Waals surface area contributed by atoms with Gasteiger partial charge < -0.3 is 5.32 Å². The van der Waals surface area contributed by atoms with E-state index >= 15 is 0 Å². The highest BCUT2D eigenvalue weighted by Gasteiger charge is 2.26. The third-order valence-corrected chi connectivity index (χ3v) is 4.16. The Morgan fingerprint density at radius 3 is 2.93 bits per heavy atom. The molecule has 0 saturated carbocycles. The molecule has 1 aromatic rings. The van der Waals surface area contributed by atoms with Crippen LogP contribution in [-0.4, -0.2) is 36.5 Å². The molecule has 0 aromatic carbocycles. The molecule has 82 valence electrons. The van der Waals surface area contributed by atoms with Crippen LogP contribution < -0.4 is 5.32 Å². The smallest absolute Gasteiger partial charge is 0.261 e. The van der Waals surface area contributed by atoms with E-state index in [1.807, 2.05) is 12.1 Å². The van der Waals surface area contributed by atoms with Gasteiger partial charge in [-0.3, -0.25) is 9.69 Å². The number of hydrogen-bond acceptors (Lipinski definition) is 3. The van der Waals surface area contributed by atoms with Crippen molar-refractivity contribution in [2.24, 2.45) is 0 Å². The third-order valence-electron chi connectivity index (χ3n) is 2.54. The summed E-state index contributed by atoms with van der Waals surface area (Å²) < 4.78 is 0.997. The van der Waals surface area contributed by atoms with Crippen molar-refractivity contribution in [3.63, 3.8) is 0 Å². The predicted octanol–water partition coefficient (Wildman–Crippen LogP) is 1.94. The van der Waals surface area contributed by atoms with Crippen LogP contribution in [0.25, 0.3) is 0 Å². The summed E-state index contributed by atoms with van der Waals surface area (Å²) in [6.07, 6.45) is 0. The number of nitrogens with one attached hydrogen (secondary N) is 1. The van der Waals surface area contributed by atoms with E-state index in [4.69, 9.17) is 0 Å². The number of likely N-dealkylation sites (N-methyl/N-ethyl adjacent to an activating group) is 1. The van der Waals surface area contributed by atoms with Gasteiger partial charge in [0.1, 0.15) is 0 Å². The molecule has 5 heteroatoms. The van der Waals surface area contributed by atoms with Gasteiger partial charge in [-0.1, -0.05) is 6.92 Å². The molecule has 15 heavy (non-hydrogen) atoms. The summed E-state index contributed by atoms with van der Waals surface area (Å²) in [6, 6.07) is 4.08. The van der Waals surface area contributed by atoms with Crippen molar-refractivity contribution in [3.8, 4) is 0 Å². The van der Waals surface area contributed by atoms with Crippen molar-refractivity contribution in [2.45, 2.75) is 13.0 Å². The second-order valence-electron chi connectivity index (χ2n) is 3.63. The highest BCUT2D eigenvalue weighted by atomic mass is 79.9. The topological polar surface area (TPSA) is 32.3 Å². The molecule has 1 aliphatic heterocycles. The van der Waals surface area contributed by atoms with Gasteiger partial charge in [0.15, 0.2) is 0 Å². The molecule has 1 amide bonds. The molecule has 1 N–H and O–H groups in total. The summed E-state index contributed by atoms with van der Waals surface area (Å²) in [4.78, 5) is 14.8. The lowest BCUT2D eigenvalue weighted by Gasteiger charge is -2.38. The lowest BCUT2D eigenvalue weighted by atomic mass is 10.1. The average molecular weight is 289 g/mol. The van der Waals surface area contributed by atoms with Crippen LogP contribution in [0.15, 0.2) is 15.9 Å². The van der Waals surface area contributed by atoms with Crippen molar-refractivity contribution in [2.75, 3.05) is 19.6 Å². The fraction of sp³-hybridized carbons (Fsp3) is 0.500. The zero-order chi connectivity index (χ0) is 10.8. The van der Waals surface area contributed by atoms with E-state index in [2.05, 4.69) is 33.1 Å². The SMILES string of the molecule is CCN1CC(NC(=O)c2ccc(Br)s2)C1. The number of rotatable bonds is 3. The van der Waals surface area contributed by atoms with Gasteiger partial charge in [-0.15, -0.1) is 11.3 Å². The second-order valence-corrected chi connectivity index (χ2v) is 6.09. The number of carbonyl (C=O) groups excluding carboxylic acids is 1. The number of halogens is 1. The van der Waals surface area contributed by atoms with Crippen LogP contribution in [0, 0.1) is 0 Å². The maximum Gasteiger partial charge on any atom is 0.261 e. The fourth-order valence-electron chi connectivity index (χ4n) is 1.61. The van der Waals surface area contributed by atoms with E-state index in [1.54, 1.807) is 0 Å². The van der Waals surface area contributed by atoms with Crippen molar-refractivity contribution in [1.82, 2.24) is 10.2 Å². The first-order chi connectivity index (χ1) is 7.19. The Morgan fingerprint density at radius 2 is 2.40 bits per heavy atom. The van der Waals surface area contributed by atoms with Crippen LogP contribution in [0.1, 0.15) is 16.6 Å². The molecule has 2 rings (SSSR count). The third kappa shape index (κ3) is 2.59. The van der Waals surface area contributed by atoms with Gasteiger partial charge in [0.2, 0.25) is 0 Å².